The molecule has 1 aliphatic carbocycles. The van der Waals surface area contributed by atoms with E-state index in [1.54, 1.807) is 6.20 Å². The van der Waals surface area contributed by atoms with Crippen LogP contribution in [0.25, 0.3) is 0 Å². The van der Waals surface area contributed by atoms with Crippen LogP contribution in [0.4, 0.5) is 0 Å². The molecule has 2 aliphatic rings. The Balaban J connectivity index is 1.44. The van der Waals surface area contributed by atoms with Crippen molar-refractivity contribution in [3.05, 3.63) is 51.8 Å². The molecule has 0 spiro atoms. The molecule has 8 heteroatoms. The molecule has 1 aromatic carbocycles. The van der Waals surface area contributed by atoms with E-state index in [0.717, 1.165) is 63.8 Å². The molecule has 2 heterocycles. The minimum Gasteiger partial charge on any atom is -0.478 e. The maximum Gasteiger partial charge on any atom is 0.338 e. The number of halogens is 2. The molecule has 30 heavy (non-hydrogen) atoms. The van der Waals surface area contributed by atoms with Gasteiger partial charge in [0, 0.05) is 38.4 Å². The highest BCUT2D eigenvalue weighted by atomic mass is 35.5. The van der Waals surface area contributed by atoms with Gasteiger partial charge in [-0.3, -0.25) is 9.58 Å². The van der Waals surface area contributed by atoms with Crippen LogP contribution in [-0.4, -0.2) is 51.9 Å². The van der Waals surface area contributed by atoms with Gasteiger partial charge in [-0.25, -0.2) is 4.79 Å². The molecule has 2 N–H and O–H groups in total. The SMILES string of the molecule is O=C(O)c1cnn(C2CCC(CC(c3cccc(Cl)c3Cl)N3CCNCC3)CC2)c1. The first-order chi connectivity index (χ1) is 14.5. The Hall–Kier alpha value is -1.60. The van der Waals surface area contributed by atoms with Crippen molar-refractivity contribution in [2.75, 3.05) is 26.2 Å². The van der Waals surface area contributed by atoms with Crippen LogP contribution in [-0.2, 0) is 0 Å². The lowest BCUT2D eigenvalue weighted by atomic mass is 9.80. The van der Waals surface area contributed by atoms with Crippen molar-refractivity contribution in [2.45, 2.75) is 44.2 Å². The fourth-order valence-electron chi connectivity index (χ4n) is 4.85. The standard InChI is InChI=1S/C22H28Cl2N4O2/c23-19-3-1-2-18(21(19)24)20(27-10-8-25-9-11-27)12-15-4-6-17(7-5-15)28-14-16(13-26-28)22(29)30/h1-3,13-15,17,20,25H,4-12H2,(H,29,30). The summed E-state index contributed by atoms with van der Waals surface area (Å²) in [6.45, 7) is 4.00. The van der Waals surface area contributed by atoms with Crippen molar-refractivity contribution in [1.82, 2.24) is 20.0 Å². The summed E-state index contributed by atoms with van der Waals surface area (Å²) < 4.78 is 1.83. The molecule has 1 saturated carbocycles. The topological polar surface area (TPSA) is 70.4 Å². The quantitative estimate of drug-likeness (QED) is 0.669. The van der Waals surface area contributed by atoms with Gasteiger partial charge in [0.1, 0.15) is 0 Å². The van der Waals surface area contributed by atoms with E-state index in [0.29, 0.717) is 16.0 Å². The van der Waals surface area contributed by atoms with Gasteiger partial charge in [-0.1, -0.05) is 35.3 Å². The molecule has 6 nitrogen and oxygen atoms in total. The maximum atomic E-state index is 11.1. The molecule has 1 saturated heterocycles. The average Bonchev–Trinajstić information content (AvgIpc) is 3.26. The molecule has 0 amide bonds. The van der Waals surface area contributed by atoms with Crippen LogP contribution in [0.2, 0.25) is 10.0 Å². The Morgan fingerprint density at radius 1 is 1.20 bits per heavy atom. The summed E-state index contributed by atoms with van der Waals surface area (Å²) >= 11 is 13.0. The number of hydrogen-bond acceptors (Lipinski definition) is 4. The van der Waals surface area contributed by atoms with E-state index in [-0.39, 0.29) is 17.6 Å². The lowest BCUT2D eigenvalue weighted by Crippen LogP contribution is -2.45. The normalized spacial score (nSPS) is 23.9. The maximum absolute atomic E-state index is 11.1. The van der Waals surface area contributed by atoms with Crippen LogP contribution in [0, 0.1) is 5.92 Å². The summed E-state index contributed by atoms with van der Waals surface area (Å²) in [4.78, 5) is 13.7. The van der Waals surface area contributed by atoms with Crippen molar-refractivity contribution in [3.8, 4) is 0 Å². The third-order valence-corrected chi connectivity index (χ3v) is 7.36. The van der Waals surface area contributed by atoms with Gasteiger partial charge in [0.05, 0.1) is 27.8 Å². The Labute approximate surface area is 187 Å². The van der Waals surface area contributed by atoms with Gasteiger partial charge >= 0.3 is 5.97 Å². The molecule has 1 aliphatic heterocycles. The minimum absolute atomic E-state index is 0.256. The van der Waals surface area contributed by atoms with Crippen molar-refractivity contribution in [1.29, 1.82) is 0 Å². The Morgan fingerprint density at radius 2 is 1.93 bits per heavy atom. The summed E-state index contributed by atoms with van der Waals surface area (Å²) in [5.41, 5.74) is 1.39. The molecule has 2 aromatic rings. The van der Waals surface area contributed by atoms with E-state index in [1.807, 2.05) is 16.8 Å². The van der Waals surface area contributed by atoms with E-state index >= 15 is 0 Å². The predicted octanol–water partition coefficient (Wildman–Crippen LogP) is 4.66. The van der Waals surface area contributed by atoms with E-state index in [4.69, 9.17) is 28.3 Å². The number of benzene rings is 1. The van der Waals surface area contributed by atoms with Gasteiger partial charge < -0.3 is 10.4 Å². The number of aromatic carboxylic acids is 1. The minimum atomic E-state index is -0.924. The van der Waals surface area contributed by atoms with Gasteiger partial charge in [0.2, 0.25) is 0 Å². The summed E-state index contributed by atoms with van der Waals surface area (Å²) in [5, 5.41) is 18.1. The average molecular weight is 451 g/mol. The van der Waals surface area contributed by atoms with Crippen molar-refractivity contribution >= 4 is 29.2 Å². The molecular formula is C22H28Cl2N4O2. The Kier molecular flexibility index (Phi) is 6.98. The van der Waals surface area contributed by atoms with E-state index in [9.17, 15) is 4.79 Å². The number of carboxylic acids is 1. The van der Waals surface area contributed by atoms with Crippen LogP contribution in [0.1, 0.15) is 60.1 Å². The van der Waals surface area contributed by atoms with Gasteiger partial charge in [0.15, 0.2) is 0 Å². The van der Waals surface area contributed by atoms with Crippen LogP contribution in [0.3, 0.4) is 0 Å². The van der Waals surface area contributed by atoms with Crippen LogP contribution in [0.5, 0.6) is 0 Å². The van der Waals surface area contributed by atoms with Gasteiger partial charge in [-0.2, -0.15) is 5.10 Å². The molecular weight excluding hydrogens is 423 g/mol. The third-order valence-electron chi connectivity index (χ3n) is 6.53. The second-order valence-corrected chi connectivity index (χ2v) is 9.15. The Bertz CT molecular complexity index is 874. The molecule has 0 bridgehead atoms. The highest BCUT2D eigenvalue weighted by Crippen LogP contribution is 2.41. The highest BCUT2D eigenvalue weighted by Gasteiger charge is 2.30. The third kappa shape index (κ3) is 4.83. The van der Waals surface area contributed by atoms with Crippen molar-refractivity contribution in [2.24, 2.45) is 5.92 Å². The number of rotatable bonds is 6. The van der Waals surface area contributed by atoms with E-state index in [2.05, 4.69) is 21.4 Å². The van der Waals surface area contributed by atoms with Gasteiger partial charge in [-0.05, 0) is 49.7 Å². The van der Waals surface area contributed by atoms with Crippen molar-refractivity contribution in [3.63, 3.8) is 0 Å². The van der Waals surface area contributed by atoms with Crippen molar-refractivity contribution < 1.29 is 9.90 Å². The first-order valence-electron chi connectivity index (χ1n) is 10.7. The first-order valence-corrected chi connectivity index (χ1v) is 11.4. The summed E-state index contributed by atoms with van der Waals surface area (Å²) in [6, 6.07) is 6.50. The molecule has 1 aromatic heterocycles. The van der Waals surface area contributed by atoms with Crippen LogP contribution in [0.15, 0.2) is 30.6 Å². The van der Waals surface area contributed by atoms with Gasteiger partial charge in [0.25, 0.3) is 0 Å². The molecule has 2 fully saturated rings. The smallest absolute Gasteiger partial charge is 0.338 e. The summed E-state index contributed by atoms with van der Waals surface area (Å²) in [5.74, 6) is -0.321. The second-order valence-electron chi connectivity index (χ2n) is 8.37. The molecule has 4 rings (SSSR count). The zero-order valence-corrected chi connectivity index (χ0v) is 18.4. The number of nitrogens with one attached hydrogen (secondary N) is 1. The number of aromatic nitrogens is 2. The largest absolute Gasteiger partial charge is 0.478 e. The lowest BCUT2D eigenvalue weighted by molar-refractivity contribution is 0.0696. The van der Waals surface area contributed by atoms with E-state index in [1.165, 1.54) is 6.20 Å². The first kappa shape index (κ1) is 21.6. The molecule has 162 valence electrons. The number of nitrogens with zero attached hydrogens (tertiary/aromatic N) is 3. The van der Waals surface area contributed by atoms with E-state index < -0.39 is 5.97 Å². The lowest BCUT2D eigenvalue weighted by Gasteiger charge is -2.39. The number of piperazine rings is 1. The highest BCUT2D eigenvalue weighted by molar-refractivity contribution is 6.42. The summed E-state index contributed by atoms with van der Waals surface area (Å²) in [6.07, 6.45) is 8.40. The fraction of sp³-hybridized carbons (Fsp3) is 0.545. The van der Waals surface area contributed by atoms with Crippen LogP contribution >= 0.6 is 23.2 Å². The zero-order chi connectivity index (χ0) is 21.1. The van der Waals surface area contributed by atoms with Crippen LogP contribution < -0.4 is 5.32 Å². The summed E-state index contributed by atoms with van der Waals surface area (Å²) in [7, 11) is 0. The monoisotopic (exact) mass is 450 g/mol. The number of carbonyl (C=O) groups is 1. The molecule has 0 radical (unpaired) electrons. The van der Waals surface area contributed by atoms with Gasteiger partial charge in [-0.15, -0.1) is 0 Å². The number of hydrogen-bond donors (Lipinski definition) is 2. The zero-order valence-electron chi connectivity index (χ0n) is 16.9. The second kappa shape index (κ2) is 9.69. The molecule has 1 unspecified atom stereocenters. The number of carboxylic acid groups (broad SMARTS) is 1. The predicted molar refractivity (Wildman–Crippen MR) is 118 cm³/mol. The Morgan fingerprint density at radius 3 is 2.60 bits per heavy atom. The fourth-order valence-corrected chi connectivity index (χ4v) is 5.29. The molecule has 1 atom stereocenters.